The summed E-state index contributed by atoms with van der Waals surface area (Å²) in [5.74, 6) is -1.28. The van der Waals surface area contributed by atoms with E-state index in [2.05, 4.69) is 10.6 Å². The molecule has 2 N–H and O–H groups in total. The van der Waals surface area contributed by atoms with Crippen LogP contribution in [-0.4, -0.2) is 42.9 Å². The number of carbonyl (C=O) groups excluding carboxylic acids is 1. The second-order valence-electron chi connectivity index (χ2n) is 7.36. The molecule has 1 aliphatic rings. The Kier molecular flexibility index (Phi) is 7.12. The molecular weight excluding hydrogens is 431 g/mol. The third-order valence-corrected chi connectivity index (χ3v) is 5.40. The lowest BCUT2D eigenvalue weighted by molar-refractivity contribution is 0.0893. The number of fused-ring (bicyclic) bond motifs is 1. The zero-order valence-electron chi connectivity index (χ0n) is 16.8. The molecule has 9 heteroatoms. The van der Waals surface area contributed by atoms with Gasteiger partial charge in [-0.3, -0.25) is 4.79 Å². The molecule has 1 fully saturated rings. The maximum atomic E-state index is 14.6. The molecule has 2 atom stereocenters. The number of amides is 1. The number of nitrogens with zero attached hydrogens (tertiary/aromatic N) is 1. The Morgan fingerprint density at radius 3 is 2.58 bits per heavy atom. The van der Waals surface area contributed by atoms with Crippen molar-refractivity contribution in [2.45, 2.75) is 25.2 Å². The second kappa shape index (κ2) is 9.62. The zero-order valence-corrected chi connectivity index (χ0v) is 17.6. The molecule has 0 bridgehead atoms. The van der Waals surface area contributed by atoms with Crippen LogP contribution < -0.4 is 15.4 Å². The van der Waals surface area contributed by atoms with Gasteiger partial charge in [-0.25, -0.2) is 13.2 Å². The average molecular weight is 454 g/mol. The minimum atomic E-state index is -1.24. The molecule has 0 unspecified atom stereocenters. The van der Waals surface area contributed by atoms with Gasteiger partial charge in [-0.1, -0.05) is 12.1 Å². The number of aromatic nitrogens is 1. The van der Waals surface area contributed by atoms with Gasteiger partial charge in [0.1, 0.15) is 23.6 Å². The van der Waals surface area contributed by atoms with Gasteiger partial charge >= 0.3 is 0 Å². The average Bonchev–Trinajstić information content (AvgIpc) is 3.13. The van der Waals surface area contributed by atoms with Crippen LogP contribution in [0.15, 0.2) is 42.6 Å². The van der Waals surface area contributed by atoms with Gasteiger partial charge in [0.05, 0.1) is 29.6 Å². The van der Waals surface area contributed by atoms with E-state index in [9.17, 15) is 18.0 Å². The molecular formula is C22H23ClF3N3O2. The van der Waals surface area contributed by atoms with Crippen molar-refractivity contribution in [3.8, 4) is 5.75 Å². The third-order valence-electron chi connectivity index (χ3n) is 5.40. The van der Waals surface area contributed by atoms with Gasteiger partial charge in [-0.2, -0.15) is 0 Å². The van der Waals surface area contributed by atoms with Crippen LogP contribution in [0.1, 0.15) is 22.3 Å². The van der Waals surface area contributed by atoms with Crippen molar-refractivity contribution in [2.24, 2.45) is 0 Å². The number of hydrogen-bond donors (Lipinski definition) is 2. The van der Waals surface area contributed by atoms with Crippen LogP contribution in [0.3, 0.4) is 0 Å². The first kappa shape index (κ1) is 23.0. The molecule has 0 saturated carbocycles. The lowest BCUT2D eigenvalue weighted by Gasteiger charge is -2.27. The largest absolute Gasteiger partial charge is 0.497 e. The summed E-state index contributed by atoms with van der Waals surface area (Å²) in [5, 5.41) is 5.45. The van der Waals surface area contributed by atoms with Crippen LogP contribution in [-0.2, 0) is 6.54 Å². The number of ether oxygens (including phenoxy) is 1. The molecule has 3 aromatic rings. The molecule has 1 aromatic heterocycles. The van der Waals surface area contributed by atoms with Crippen molar-refractivity contribution >= 4 is 29.2 Å². The van der Waals surface area contributed by atoms with Crippen molar-refractivity contribution in [2.75, 3.05) is 20.2 Å². The van der Waals surface area contributed by atoms with E-state index in [0.29, 0.717) is 18.7 Å². The predicted octanol–water partition coefficient (Wildman–Crippen LogP) is 3.83. The molecule has 2 heterocycles. The standard InChI is InChI=1S/C22H22F3N3O2.ClH/c1-30-14-4-2-13(3-5-14)11-28-12-15(20-16(23)6-7-17(24)21(20)28)22(29)27-19-8-9-26-10-18(19)25;/h2-7,12,18-19,26H,8-11H2,1H3,(H,27,29);1H/t18-,19+;/m1./s1. The molecule has 0 aliphatic carbocycles. The first-order chi connectivity index (χ1) is 14.5. The van der Waals surface area contributed by atoms with E-state index in [1.807, 2.05) is 12.1 Å². The highest BCUT2D eigenvalue weighted by atomic mass is 35.5. The Bertz CT molecular complexity index is 1070. The Balaban J connectivity index is 0.00000272. The summed E-state index contributed by atoms with van der Waals surface area (Å²) in [7, 11) is 1.56. The molecule has 1 aliphatic heterocycles. The van der Waals surface area contributed by atoms with Gasteiger partial charge < -0.3 is 19.9 Å². The highest BCUT2D eigenvalue weighted by Gasteiger charge is 2.28. The predicted molar refractivity (Wildman–Crippen MR) is 115 cm³/mol. The van der Waals surface area contributed by atoms with Crippen LogP contribution in [0, 0.1) is 11.6 Å². The van der Waals surface area contributed by atoms with Crippen LogP contribution >= 0.6 is 12.4 Å². The van der Waals surface area contributed by atoms with E-state index < -0.39 is 29.8 Å². The number of hydrogen-bond acceptors (Lipinski definition) is 3. The summed E-state index contributed by atoms with van der Waals surface area (Å²) in [6.45, 7) is 0.952. The number of alkyl halides is 1. The highest BCUT2D eigenvalue weighted by Crippen LogP contribution is 2.28. The summed E-state index contributed by atoms with van der Waals surface area (Å²) < 4.78 is 50.0. The van der Waals surface area contributed by atoms with Crippen LogP contribution in [0.2, 0.25) is 0 Å². The van der Waals surface area contributed by atoms with Crippen molar-refractivity contribution in [3.63, 3.8) is 0 Å². The van der Waals surface area contributed by atoms with Crippen molar-refractivity contribution in [1.82, 2.24) is 15.2 Å². The van der Waals surface area contributed by atoms with Crippen molar-refractivity contribution in [3.05, 3.63) is 65.4 Å². The molecule has 5 nitrogen and oxygen atoms in total. The fourth-order valence-corrected chi connectivity index (χ4v) is 3.82. The van der Waals surface area contributed by atoms with Gasteiger partial charge in [0.25, 0.3) is 5.91 Å². The molecule has 1 saturated heterocycles. The van der Waals surface area contributed by atoms with E-state index in [4.69, 9.17) is 4.74 Å². The van der Waals surface area contributed by atoms with Gasteiger partial charge in [-0.15, -0.1) is 12.4 Å². The van der Waals surface area contributed by atoms with Crippen LogP contribution in [0.25, 0.3) is 10.9 Å². The number of halogens is 4. The zero-order chi connectivity index (χ0) is 21.3. The summed E-state index contributed by atoms with van der Waals surface area (Å²) in [6.07, 6.45) is 0.607. The minimum absolute atomic E-state index is 0. The van der Waals surface area contributed by atoms with Gasteiger partial charge in [-0.05, 0) is 42.8 Å². The maximum absolute atomic E-state index is 14.6. The molecule has 166 valence electrons. The maximum Gasteiger partial charge on any atom is 0.253 e. The summed E-state index contributed by atoms with van der Waals surface area (Å²) in [4.78, 5) is 12.9. The Hall–Kier alpha value is -2.71. The summed E-state index contributed by atoms with van der Waals surface area (Å²) in [5.41, 5.74) is 0.810. The Labute approximate surface area is 184 Å². The van der Waals surface area contributed by atoms with E-state index in [0.717, 1.165) is 17.7 Å². The Morgan fingerprint density at radius 2 is 1.90 bits per heavy atom. The van der Waals surface area contributed by atoms with Gasteiger partial charge in [0.2, 0.25) is 0 Å². The first-order valence-electron chi connectivity index (χ1n) is 9.73. The number of methoxy groups -OCH3 is 1. The number of benzene rings is 2. The molecule has 0 spiro atoms. The van der Waals surface area contributed by atoms with E-state index in [-0.39, 0.29) is 42.0 Å². The van der Waals surface area contributed by atoms with Crippen LogP contribution in [0.4, 0.5) is 13.2 Å². The molecule has 4 rings (SSSR count). The number of carbonyl (C=O) groups is 1. The second-order valence-corrected chi connectivity index (χ2v) is 7.36. The molecule has 31 heavy (non-hydrogen) atoms. The number of rotatable bonds is 5. The van der Waals surface area contributed by atoms with E-state index in [1.54, 1.807) is 19.2 Å². The third kappa shape index (κ3) is 4.65. The normalized spacial score (nSPS) is 18.5. The van der Waals surface area contributed by atoms with Gasteiger partial charge in [0.15, 0.2) is 0 Å². The van der Waals surface area contributed by atoms with E-state index in [1.165, 1.54) is 10.8 Å². The monoisotopic (exact) mass is 453 g/mol. The van der Waals surface area contributed by atoms with E-state index >= 15 is 0 Å². The fourth-order valence-electron chi connectivity index (χ4n) is 3.82. The molecule has 0 radical (unpaired) electrons. The minimum Gasteiger partial charge on any atom is -0.497 e. The fraction of sp³-hybridized carbons (Fsp3) is 0.318. The summed E-state index contributed by atoms with van der Waals surface area (Å²) >= 11 is 0. The molecule has 2 aromatic carbocycles. The van der Waals surface area contributed by atoms with Crippen molar-refractivity contribution in [1.29, 1.82) is 0 Å². The van der Waals surface area contributed by atoms with Crippen LogP contribution in [0.5, 0.6) is 5.75 Å². The topological polar surface area (TPSA) is 55.3 Å². The van der Waals surface area contributed by atoms with Crippen molar-refractivity contribution < 1.29 is 22.7 Å². The first-order valence-corrected chi connectivity index (χ1v) is 9.73. The smallest absolute Gasteiger partial charge is 0.253 e. The SMILES string of the molecule is COc1ccc(Cn2cc(C(=O)N[C@H]3CCNC[C@H]3F)c3c(F)ccc(F)c32)cc1.Cl. The lowest BCUT2D eigenvalue weighted by Crippen LogP contribution is -2.50. The number of piperidine rings is 1. The number of nitrogens with one attached hydrogen (secondary N) is 2. The quantitative estimate of drug-likeness (QED) is 0.617. The Morgan fingerprint density at radius 1 is 1.19 bits per heavy atom. The highest BCUT2D eigenvalue weighted by molar-refractivity contribution is 6.07. The summed E-state index contributed by atoms with van der Waals surface area (Å²) in [6, 6.07) is 8.52. The van der Waals surface area contributed by atoms with Gasteiger partial charge in [0, 0.05) is 19.3 Å². The lowest BCUT2D eigenvalue weighted by atomic mass is 10.0. The molecule has 1 amide bonds.